The second kappa shape index (κ2) is 6.79. The molecular formula is C17H21BO3. The van der Waals surface area contributed by atoms with E-state index in [1.54, 1.807) is 12.1 Å². The molecule has 3 nitrogen and oxygen atoms in total. The monoisotopic (exact) mass is 284 g/mol. The fourth-order valence-corrected chi connectivity index (χ4v) is 2.19. The third kappa shape index (κ3) is 4.10. The van der Waals surface area contributed by atoms with Crippen LogP contribution in [-0.2, 0) is 6.61 Å². The van der Waals surface area contributed by atoms with Crippen molar-refractivity contribution < 1.29 is 14.8 Å². The van der Waals surface area contributed by atoms with Crippen LogP contribution in [-0.4, -0.2) is 17.2 Å². The standard InChI is InChI=1S/C17H21BO3/c1-12(2)15-6-4-14(5-7-15)11-21-16-8-9-17(18(19)20)13(3)10-16/h4-10,12,19-20H,11H2,1-3H3. The summed E-state index contributed by atoms with van der Waals surface area (Å²) in [5, 5.41) is 18.4. The van der Waals surface area contributed by atoms with Gasteiger partial charge < -0.3 is 14.8 Å². The molecule has 0 atom stereocenters. The van der Waals surface area contributed by atoms with Crippen LogP contribution in [0.4, 0.5) is 0 Å². The number of benzene rings is 2. The molecule has 0 unspecified atom stereocenters. The summed E-state index contributed by atoms with van der Waals surface area (Å²) in [6, 6.07) is 13.7. The van der Waals surface area contributed by atoms with Gasteiger partial charge in [-0.1, -0.05) is 44.2 Å². The molecule has 2 aromatic carbocycles. The zero-order chi connectivity index (χ0) is 15.4. The molecule has 0 aliphatic rings. The largest absolute Gasteiger partial charge is 0.489 e. The van der Waals surface area contributed by atoms with E-state index in [2.05, 4.69) is 38.1 Å². The van der Waals surface area contributed by atoms with Gasteiger partial charge in [-0.25, -0.2) is 0 Å². The molecule has 0 amide bonds. The van der Waals surface area contributed by atoms with Crippen LogP contribution in [0, 0.1) is 6.92 Å². The highest BCUT2D eigenvalue weighted by Gasteiger charge is 2.13. The van der Waals surface area contributed by atoms with Gasteiger partial charge in [-0.2, -0.15) is 0 Å². The molecule has 2 N–H and O–H groups in total. The maximum atomic E-state index is 9.19. The van der Waals surface area contributed by atoms with Gasteiger partial charge in [0.1, 0.15) is 12.4 Å². The lowest BCUT2D eigenvalue weighted by Crippen LogP contribution is -2.31. The first-order valence-electron chi connectivity index (χ1n) is 7.15. The van der Waals surface area contributed by atoms with Gasteiger partial charge >= 0.3 is 7.12 Å². The Morgan fingerprint density at radius 1 is 1.05 bits per heavy atom. The minimum Gasteiger partial charge on any atom is -0.489 e. The summed E-state index contributed by atoms with van der Waals surface area (Å²) in [6.45, 7) is 6.68. The third-order valence-corrected chi connectivity index (χ3v) is 3.57. The second-order valence-electron chi connectivity index (χ2n) is 5.58. The maximum Gasteiger partial charge on any atom is 0.488 e. The van der Waals surface area contributed by atoms with Crippen LogP contribution in [0.25, 0.3) is 0 Å². The van der Waals surface area contributed by atoms with E-state index in [0.29, 0.717) is 18.0 Å². The van der Waals surface area contributed by atoms with Crippen LogP contribution in [0.1, 0.15) is 36.5 Å². The van der Waals surface area contributed by atoms with E-state index in [0.717, 1.165) is 16.9 Å². The van der Waals surface area contributed by atoms with Crippen molar-refractivity contribution in [3.8, 4) is 5.75 Å². The molecule has 0 aromatic heterocycles. The minimum absolute atomic E-state index is 0.499. The predicted molar refractivity (Wildman–Crippen MR) is 85.9 cm³/mol. The van der Waals surface area contributed by atoms with E-state index < -0.39 is 7.12 Å². The van der Waals surface area contributed by atoms with Crippen molar-refractivity contribution in [1.82, 2.24) is 0 Å². The Bertz CT molecular complexity index is 591. The molecule has 0 aliphatic carbocycles. The summed E-state index contributed by atoms with van der Waals surface area (Å²) in [7, 11) is -1.44. The van der Waals surface area contributed by atoms with Crippen LogP contribution >= 0.6 is 0 Å². The topological polar surface area (TPSA) is 49.7 Å². The van der Waals surface area contributed by atoms with Gasteiger partial charge in [-0.3, -0.25) is 0 Å². The number of rotatable bonds is 5. The lowest BCUT2D eigenvalue weighted by molar-refractivity contribution is 0.306. The van der Waals surface area contributed by atoms with Crippen LogP contribution in [0.5, 0.6) is 5.75 Å². The predicted octanol–water partition coefficient (Wildman–Crippen LogP) is 2.38. The summed E-state index contributed by atoms with van der Waals surface area (Å²) in [6.07, 6.45) is 0. The van der Waals surface area contributed by atoms with Gasteiger partial charge in [-0.05, 0) is 47.1 Å². The number of hydrogen-bond acceptors (Lipinski definition) is 3. The zero-order valence-electron chi connectivity index (χ0n) is 12.7. The van der Waals surface area contributed by atoms with Crippen LogP contribution in [0.15, 0.2) is 42.5 Å². The van der Waals surface area contributed by atoms with E-state index in [9.17, 15) is 10.0 Å². The number of aryl methyl sites for hydroxylation is 1. The quantitative estimate of drug-likeness (QED) is 0.829. The van der Waals surface area contributed by atoms with E-state index in [1.165, 1.54) is 5.56 Å². The first-order valence-corrected chi connectivity index (χ1v) is 7.15. The number of ether oxygens (including phenoxy) is 1. The average molecular weight is 284 g/mol. The Labute approximate surface area is 126 Å². The third-order valence-electron chi connectivity index (χ3n) is 3.57. The molecule has 2 rings (SSSR count). The van der Waals surface area contributed by atoms with Gasteiger partial charge in [0.05, 0.1) is 0 Å². The van der Waals surface area contributed by atoms with Crippen molar-refractivity contribution in [2.75, 3.05) is 0 Å². The van der Waals surface area contributed by atoms with E-state index >= 15 is 0 Å². The lowest BCUT2D eigenvalue weighted by Gasteiger charge is -2.11. The molecule has 0 radical (unpaired) electrons. The Hall–Kier alpha value is -1.78. The molecule has 4 heteroatoms. The average Bonchev–Trinajstić information content (AvgIpc) is 2.45. The van der Waals surface area contributed by atoms with Crippen molar-refractivity contribution in [1.29, 1.82) is 0 Å². The molecule has 21 heavy (non-hydrogen) atoms. The highest BCUT2D eigenvalue weighted by molar-refractivity contribution is 6.59. The molecular weight excluding hydrogens is 263 g/mol. The van der Waals surface area contributed by atoms with Crippen molar-refractivity contribution in [3.05, 3.63) is 59.2 Å². The normalized spacial score (nSPS) is 10.8. The zero-order valence-corrected chi connectivity index (χ0v) is 12.7. The lowest BCUT2D eigenvalue weighted by atomic mass is 9.77. The number of hydrogen-bond donors (Lipinski definition) is 2. The van der Waals surface area contributed by atoms with Gasteiger partial charge in [0.25, 0.3) is 0 Å². The highest BCUT2D eigenvalue weighted by Crippen LogP contribution is 2.17. The first-order chi connectivity index (χ1) is 9.97. The van der Waals surface area contributed by atoms with E-state index in [-0.39, 0.29) is 0 Å². The molecule has 0 saturated heterocycles. The Balaban J connectivity index is 2.01. The SMILES string of the molecule is Cc1cc(OCc2ccc(C(C)C)cc2)ccc1B(O)O. The van der Waals surface area contributed by atoms with Gasteiger partial charge in [0.15, 0.2) is 0 Å². The Morgan fingerprint density at radius 3 is 2.24 bits per heavy atom. The molecule has 2 aromatic rings. The fourth-order valence-electron chi connectivity index (χ4n) is 2.19. The van der Waals surface area contributed by atoms with Gasteiger partial charge in [0.2, 0.25) is 0 Å². The van der Waals surface area contributed by atoms with Crippen molar-refractivity contribution >= 4 is 12.6 Å². The van der Waals surface area contributed by atoms with E-state index in [1.807, 2.05) is 13.0 Å². The van der Waals surface area contributed by atoms with E-state index in [4.69, 9.17) is 4.74 Å². The van der Waals surface area contributed by atoms with Crippen molar-refractivity contribution in [3.63, 3.8) is 0 Å². The molecule has 110 valence electrons. The minimum atomic E-state index is -1.44. The summed E-state index contributed by atoms with van der Waals surface area (Å²) in [5.74, 6) is 1.25. The second-order valence-corrected chi connectivity index (χ2v) is 5.58. The summed E-state index contributed by atoms with van der Waals surface area (Å²) in [4.78, 5) is 0. The molecule has 0 spiro atoms. The molecule has 0 bridgehead atoms. The summed E-state index contributed by atoms with van der Waals surface area (Å²) >= 11 is 0. The van der Waals surface area contributed by atoms with Crippen molar-refractivity contribution in [2.45, 2.75) is 33.3 Å². The summed E-state index contributed by atoms with van der Waals surface area (Å²) in [5.41, 5.74) is 3.74. The highest BCUT2D eigenvalue weighted by atomic mass is 16.5. The van der Waals surface area contributed by atoms with Gasteiger partial charge in [-0.15, -0.1) is 0 Å². The molecule has 0 saturated carbocycles. The summed E-state index contributed by atoms with van der Waals surface area (Å²) < 4.78 is 5.74. The van der Waals surface area contributed by atoms with Gasteiger partial charge in [0, 0.05) is 0 Å². The van der Waals surface area contributed by atoms with Crippen molar-refractivity contribution in [2.24, 2.45) is 0 Å². The smallest absolute Gasteiger partial charge is 0.488 e. The Kier molecular flexibility index (Phi) is 5.05. The fraction of sp³-hybridized carbons (Fsp3) is 0.294. The van der Waals surface area contributed by atoms with Crippen LogP contribution in [0.2, 0.25) is 0 Å². The molecule has 0 fully saturated rings. The maximum absolute atomic E-state index is 9.19. The first kappa shape index (κ1) is 15.6. The Morgan fingerprint density at radius 2 is 1.71 bits per heavy atom. The van der Waals surface area contributed by atoms with Crippen LogP contribution in [0.3, 0.4) is 0 Å². The molecule has 0 heterocycles. The molecule has 0 aliphatic heterocycles. The van der Waals surface area contributed by atoms with Crippen LogP contribution < -0.4 is 10.2 Å².